The van der Waals surface area contributed by atoms with E-state index in [0.717, 1.165) is 17.8 Å². The quantitative estimate of drug-likeness (QED) is 0.295. The first-order valence-electron chi connectivity index (χ1n) is 11.6. The van der Waals surface area contributed by atoms with Gasteiger partial charge in [0.25, 0.3) is 0 Å². The van der Waals surface area contributed by atoms with Crippen molar-refractivity contribution in [2.45, 2.75) is 70.1 Å². The van der Waals surface area contributed by atoms with Gasteiger partial charge in [-0.25, -0.2) is 4.79 Å². The maximum absolute atomic E-state index is 11.7. The van der Waals surface area contributed by atoms with Crippen LogP contribution in [0, 0.1) is 11.8 Å². The van der Waals surface area contributed by atoms with Gasteiger partial charge in [0.2, 0.25) is 0 Å². The van der Waals surface area contributed by atoms with Gasteiger partial charge in [0.05, 0.1) is 0 Å². The molecule has 4 rings (SSSR count). The first-order chi connectivity index (χ1) is 14.6. The third kappa shape index (κ3) is 5.03. The van der Waals surface area contributed by atoms with E-state index in [-0.39, 0.29) is 5.97 Å². The van der Waals surface area contributed by atoms with Crippen LogP contribution in [0.15, 0.2) is 66.7 Å². The Hall–Kier alpha value is -2.35. The summed E-state index contributed by atoms with van der Waals surface area (Å²) in [5, 5.41) is 0. The van der Waals surface area contributed by atoms with Crippen molar-refractivity contribution in [2.75, 3.05) is 0 Å². The molecule has 2 saturated carbocycles. The van der Waals surface area contributed by atoms with Gasteiger partial charge in [-0.1, -0.05) is 49.0 Å². The van der Waals surface area contributed by atoms with Gasteiger partial charge in [-0.05, 0) is 105 Å². The highest BCUT2D eigenvalue weighted by atomic mass is 16.5. The smallest absolute Gasteiger partial charge is 0.338 e. The maximum atomic E-state index is 11.7. The van der Waals surface area contributed by atoms with Gasteiger partial charge in [0.1, 0.15) is 5.75 Å². The molecule has 2 aliphatic carbocycles. The zero-order chi connectivity index (χ0) is 20.9. The summed E-state index contributed by atoms with van der Waals surface area (Å²) in [6.07, 6.45) is 10.8. The van der Waals surface area contributed by atoms with Crippen LogP contribution >= 0.6 is 0 Å². The predicted octanol–water partition coefficient (Wildman–Crippen LogP) is 7.42. The Morgan fingerprint density at radius 3 is 1.67 bits per heavy atom. The van der Waals surface area contributed by atoms with Gasteiger partial charge < -0.3 is 4.74 Å². The number of carbonyl (C=O) groups is 1. The van der Waals surface area contributed by atoms with Crippen LogP contribution in [0.2, 0.25) is 0 Å². The summed E-state index contributed by atoms with van der Waals surface area (Å²) >= 11 is 0. The molecule has 0 unspecified atom stereocenters. The molecule has 30 heavy (non-hydrogen) atoms. The second-order valence-corrected chi connectivity index (χ2v) is 9.37. The Morgan fingerprint density at radius 1 is 0.733 bits per heavy atom. The minimum absolute atomic E-state index is 0.356. The molecule has 0 N–H and O–H groups in total. The second-order valence-electron chi connectivity index (χ2n) is 9.37. The molecule has 0 bridgehead atoms. The summed E-state index contributed by atoms with van der Waals surface area (Å²) < 4.78 is 5.32. The van der Waals surface area contributed by atoms with E-state index in [2.05, 4.69) is 49.0 Å². The molecule has 0 saturated heterocycles. The van der Waals surface area contributed by atoms with Crippen molar-refractivity contribution < 1.29 is 9.53 Å². The molecule has 0 heterocycles. The van der Waals surface area contributed by atoms with Crippen LogP contribution in [0.1, 0.15) is 81.3 Å². The second kappa shape index (κ2) is 9.64. The van der Waals surface area contributed by atoms with Crippen molar-refractivity contribution >= 4 is 5.97 Å². The van der Waals surface area contributed by atoms with Crippen LogP contribution in [-0.2, 0) is 4.79 Å². The van der Waals surface area contributed by atoms with Gasteiger partial charge in [-0.3, -0.25) is 0 Å². The van der Waals surface area contributed by atoms with Gasteiger partial charge in [-0.15, -0.1) is 0 Å². The highest BCUT2D eigenvalue weighted by molar-refractivity contribution is 5.88. The number of carbonyl (C=O) groups excluding carboxylic acids is 1. The summed E-state index contributed by atoms with van der Waals surface area (Å²) in [6, 6.07) is 19.2. The van der Waals surface area contributed by atoms with E-state index in [9.17, 15) is 4.79 Å². The monoisotopic (exact) mass is 402 g/mol. The first kappa shape index (κ1) is 20.9. The molecule has 0 amide bonds. The van der Waals surface area contributed by atoms with Gasteiger partial charge in [-0.2, -0.15) is 0 Å². The molecule has 0 spiro atoms. The van der Waals surface area contributed by atoms with Crippen LogP contribution in [0.3, 0.4) is 0 Å². The maximum Gasteiger partial charge on any atom is 0.338 e. The molecule has 0 atom stereocenters. The lowest BCUT2D eigenvalue weighted by Crippen LogP contribution is -2.25. The van der Waals surface area contributed by atoms with E-state index >= 15 is 0 Å². The van der Waals surface area contributed by atoms with E-state index < -0.39 is 0 Å². The fourth-order valence-corrected chi connectivity index (χ4v) is 5.58. The van der Waals surface area contributed by atoms with Crippen molar-refractivity contribution in [2.24, 2.45) is 11.8 Å². The number of rotatable bonds is 5. The third-order valence-electron chi connectivity index (χ3n) is 7.39. The van der Waals surface area contributed by atoms with E-state index in [4.69, 9.17) is 4.74 Å². The van der Waals surface area contributed by atoms with Crippen molar-refractivity contribution in [3.05, 3.63) is 77.9 Å². The molecule has 158 valence electrons. The zero-order valence-electron chi connectivity index (χ0n) is 18.2. The summed E-state index contributed by atoms with van der Waals surface area (Å²) in [5.74, 6) is 3.51. The highest BCUT2D eigenvalue weighted by Crippen LogP contribution is 2.45. The van der Waals surface area contributed by atoms with Gasteiger partial charge in [0, 0.05) is 5.57 Å². The minimum Gasteiger partial charge on any atom is -0.423 e. The van der Waals surface area contributed by atoms with Gasteiger partial charge in [0.15, 0.2) is 0 Å². The fraction of sp³-hybridized carbons (Fsp3) is 0.464. The fourth-order valence-electron chi connectivity index (χ4n) is 5.58. The number of ether oxygens (including phenoxy) is 1. The molecule has 2 fully saturated rings. The number of esters is 1. The molecular weight excluding hydrogens is 368 g/mol. The molecular formula is C28H34O2. The predicted molar refractivity (Wildman–Crippen MR) is 123 cm³/mol. The summed E-state index contributed by atoms with van der Waals surface area (Å²) in [4.78, 5) is 11.7. The molecule has 2 heteroatoms. The largest absolute Gasteiger partial charge is 0.423 e. The molecule has 0 aliphatic heterocycles. The Morgan fingerprint density at radius 2 is 1.20 bits per heavy atom. The molecule has 0 aromatic heterocycles. The van der Waals surface area contributed by atoms with Crippen LogP contribution in [0.4, 0.5) is 0 Å². The standard InChI is InChI=1S/C28H34O2/c1-20(2)28(29)30-27-18-16-26(17-19-27)25-14-12-24(13-15-25)23-10-8-22(9-11-23)21-6-4-3-5-7-21/h3-7,16-19,22-25H,1,8-15H2,2H3. The summed E-state index contributed by atoms with van der Waals surface area (Å²) in [6.45, 7) is 5.30. The molecule has 2 nitrogen and oxygen atoms in total. The Labute approximate surface area is 181 Å². The van der Waals surface area contributed by atoms with Crippen molar-refractivity contribution in [3.8, 4) is 5.75 Å². The molecule has 2 aromatic rings. The van der Waals surface area contributed by atoms with Crippen molar-refractivity contribution in [3.63, 3.8) is 0 Å². The van der Waals surface area contributed by atoms with E-state index in [1.54, 1.807) is 6.92 Å². The normalized spacial score (nSPS) is 26.7. The lowest BCUT2D eigenvalue weighted by Gasteiger charge is -2.38. The molecule has 2 aliphatic rings. The van der Waals surface area contributed by atoms with E-state index in [1.807, 2.05) is 12.1 Å². The lowest BCUT2D eigenvalue weighted by atomic mass is 9.67. The first-order valence-corrected chi connectivity index (χ1v) is 11.6. The third-order valence-corrected chi connectivity index (χ3v) is 7.39. The minimum atomic E-state index is -0.356. The number of benzene rings is 2. The topological polar surface area (TPSA) is 26.3 Å². The van der Waals surface area contributed by atoms with E-state index in [0.29, 0.717) is 17.2 Å². The molecule has 0 radical (unpaired) electrons. The number of hydrogen-bond donors (Lipinski definition) is 0. The Bertz CT molecular complexity index is 836. The Balaban J connectivity index is 1.25. The van der Waals surface area contributed by atoms with Crippen LogP contribution in [0.5, 0.6) is 5.75 Å². The van der Waals surface area contributed by atoms with Crippen molar-refractivity contribution in [1.82, 2.24) is 0 Å². The van der Waals surface area contributed by atoms with Crippen LogP contribution in [0.25, 0.3) is 0 Å². The van der Waals surface area contributed by atoms with Gasteiger partial charge >= 0.3 is 5.97 Å². The van der Waals surface area contributed by atoms with Crippen LogP contribution in [-0.4, -0.2) is 5.97 Å². The highest BCUT2D eigenvalue weighted by Gasteiger charge is 2.31. The Kier molecular flexibility index (Phi) is 6.72. The van der Waals surface area contributed by atoms with Crippen LogP contribution < -0.4 is 4.74 Å². The average Bonchev–Trinajstić information content (AvgIpc) is 2.80. The van der Waals surface area contributed by atoms with Crippen molar-refractivity contribution in [1.29, 1.82) is 0 Å². The van der Waals surface area contributed by atoms with E-state index in [1.165, 1.54) is 62.5 Å². The summed E-state index contributed by atoms with van der Waals surface area (Å²) in [5.41, 5.74) is 3.35. The summed E-state index contributed by atoms with van der Waals surface area (Å²) in [7, 11) is 0. The number of hydrogen-bond acceptors (Lipinski definition) is 2. The lowest BCUT2D eigenvalue weighted by molar-refractivity contribution is -0.130. The average molecular weight is 403 g/mol. The molecule has 2 aromatic carbocycles. The SMILES string of the molecule is C=C(C)C(=O)Oc1ccc(C2CCC(C3CCC(c4ccccc4)CC3)CC2)cc1. The zero-order valence-corrected chi connectivity index (χ0v) is 18.2.